The van der Waals surface area contributed by atoms with Crippen molar-refractivity contribution in [3.05, 3.63) is 53.6 Å². The maximum atomic E-state index is 12.7. The molecule has 0 radical (unpaired) electrons. The lowest BCUT2D eigenvalue weighted by Crippen LogP contribution is -2.24. The van der Waals surface area contributed by atoms with Gasteiger partial charge in [0.25, 0.3) is 5.91 Å². The second kappa shape index (κ2) is 14.4. The highest BCUT2D eigenvalue weighted by atomic mass is 16.6. The number of benzene rings is 2. The molecule has 0 aliphatic rings. The summed E-state index contributed by atoms with van der Waals surface area (Å²) in [7, 11) is 0. The molecule has 0 atom stereocenters. The molecule has 0 saturated carbocycles. The van der Waals surface area contributed by atoms with Gasteiger partial charge in [0.05, 0.1) is 6.61 Å². The van der Waals surface area contributed by atoms with Gasteiger partial charge in [0.1, 0.15) is 6.61 Å². The first kappa shape index (κ1) is 27.4. The monoisotopic (exact) mass is 485 g/mol. The van der Waals surface area contributed by atoms with E-state index in [4.69, 9.17) is 18.9 Å². The zero-order valence-corrected chi connectivity index (χ0v) is 20.3. The number of rotatable bonds is 13. The first-order valence-electron chi connectivity index (χ1n) is 11.5. The number of amides is 1. The fraction of sp³-hybridized carbons (Fsp3) is 0.385. The molecule has 0 spiro atoms. The predicted molar refractivity (Wildman–Crippen MR) is 127 cm³/mol. The van der Waals surface area contributed by atoms with E-state index in [9.17, 15) is 19.2 Å². The van der Waals surface area contributed by atoms with Crippen LogP contribution in [-0.2, 0) is 25.7 Å². The SMILES string of the molecule is CCOC(=O)CCCCCNC(=O)c1cc(OC(C)=O)c(OCc2ccccc2)c(OC(C)=O)c1. The van der Waals surface area contributed by atoms with Gasteiger partial charge in [0, 0.05) is 32.4 Å². The van der Waals surface area contributed by atoms with Crippen LogP contribution in [-0.4, -0.2) is 37.0 Å². The van der Waals surface area contributed by atoms with Crippen LogP contribution < -0.4 is 19.5 Å². The maximum absolute atomic E-state index is 12.7. The third kappa shape index (κ3) is 9.87. The average Bonchev–Trinajstić information content (AvgIpc) is 2.80. The Balaban J connectivity index is 2.12. The van der Waals surface area contributed by atoms with Crippen molar-refractivity contribution in [1.29, 1.82) is 0 Å². The molecule has 0 heterocycles. The predicted octanol–water partition coefficient (Wildman–Crippen LogP) is 3.97. The summed E-state index contributed by atoms with van der Waals surface area (Å²) >= 11 is 0. The Morgan fingerprint density at radius 2 is 1.49 bits per heavy atom. The normalized spacial score (nSPS) is 10.3. The van der Waals surface area contributed by atoms with Gasteiger partial charge < -0.3 is 24.3 Å². The van der Waals surface area contributed by atoms with Gasteiger partial charge in [0.15, 0.2) is 11.5 Å². The zero-order valence-electron chi connectivity index (χ0n) is 20.3. The van der Waals surface area contributed by atoms with Crippen molar-refractivity contribution in [2.75, 3.05) is 13.2 Å². The second-order valence-electron chi connectivity index (χ2n) is 7.63. The Labute approximate surface area is 204 Å². The van der Waals surface area contributed by atoms with Gasteiger partial charge in [-0.3, -0.25) is 19.2 Å². The quantitative estimate of drug-likeness (QED) is 0.257. The molecule has 0 aliphatic carbocycles. The molecule has 0 bridgehead atoms. The van der Waals surface area contributed by atoms with Crippen LogP contribution in [0.3, 0.4) is 0 Å². The van der Waals surface area contributed by atoms with Crippen LogP contribution in [0.25, 0.3) is 0 Å². The van der Waals surface area contributed by atoms with Gasteiger partial charge in [0.2, 0.25) is 5.75 Å². The lowest BCUT2D eigenvalue weighted by atomic mass is 10.1. The van der Waals surface area contributed by atoms with E-state index in [-0.39, 0.29) is 35.4 Å². The van der Waals surface area contributed by atoms with Crippen LogP contribution >= 0.6 is 0 Å². The van der Waals surface area contributed by atoms with Crippen LogP contribution in [0.5, 0.6) is 17.2 Å². The minimum absolute atomic E-state index is 0.0354. The summed E-state index contributed by atoms with van der Waals surface area (Å²) in [6, 6.07) is 12.0. The molecule has 0 fully saturated rings. The smallest absolute Gasteiger partial charge is 0.308 e. The lowest BCUT2D eigenvalue weighted by Gasteiger charge is -2.16. The largest absolute Gasteiger partial charge is 0.482 e. The average molecular weight is 486 g/mol. The van der Waals surface area contributed by atoms with E-state index in [0.29, 0.717) is 32.4 Å². The molecule has 9 heteroatoms. The summed E-state index contributed by atoms with van der Waals surface area (Å²) in [5, 5.41) is 2.77. The highest BCUT2D eigenvalue weighted by Crippen LogP contribution is 2.40. The van der Waals surface area contributed by atoms with Gasteiger partial charge in [-0.05, 0) is 37.5 Å². The standard InChI is InChI=1S/C26H31NO8/c1-4-32-24(30)13-9-6-10-14-27-26(31)21-15-22(34-18(2)28)25(23(16-21)35-19(3)29)33-17-20-11-7-5-8-12-20/h5,7-8,11-12,15-16H,4,6,9-10,13-14,17H2,1-3H3,(H,27,31). The Morgan fingerprint density at radius 1 is 0.857 bits per heavy atom. The number of carbonyl (C=O) groups excluding carboxylic acids is 4. The van der Waals surface area contributed by atoms with E-state index in [1.165, 1.54) is 26.0 Å². The molecule has 0 saturated heterocycles. The van der Waals surface area contributed by atoms with Crippen LogP contribution in [0.1, 0.15) is 62.4 Å². The lowest BCUT2D eigenvalue weighted by molar-refractivity contribution is -0.143. The molecule has 35 heavy (non-hydrogen) atoms. The molecule has 2 rings (SSSR count). The molecule has 1 amide bonds. The first-order valence-corrected chi connectivity index (χ1v) is 11.5. The third-order valence-electron chi connectivity index (χ3n) is 4.66. The highest BCUT2D eigenvalue weighted by Gasteiger charge is 2.21. The minimum Gasteiger partial charge on any atom is -0.482 e. The summed E-state index contributed by atoms with van der Waals surface area (Å²) in [4.78, 5) is 47.5. The molecular formula is C26H31NO8. The van der Waals surface area contributed by atoms with Crippen LogP contribution in [0, 0.1) is 0 Å². The number of nitrogens with one attached hydrogen (secondary N) is 1. The second-order valence-corrected chi connectivity index (χ2v) is 7.63. The summed E-state index contributed by atoms with van der Waals surface area (Å²) in [5.41, 5.74) is 0.982. The maximum Gasteiger partial charge on any atom is 0.308 e. The van der Waals surface area contributed by atoms with Crippen molar-refractivity contribution < 1.29 is 38.1 Å². The molecule has 2 aromatic rings. The molecule has 188 valence electrons. The number of hydrogen-bond acceptors (Lipinski definition) is 8. The topological polar surface area (TPSA) is 117 Å². The number of ether oxygens (including phenoxy) is 4. The highest BCUT2D eigenvalue weighted by molar-refractivity contribution is 5.96. The van der Waals surface area contributed by atoms with Crippen molar-refractivity contribution >= 4 is 23.8 Å². The van der Waals surface area contributed by atoms with Crippen molar-refractivity contribution in [2.24, 2.45) is 0 Å². The molecular weight excluding hydrogens is 454 g/mol. The molecule has 2 aromatic carbocycles. The van der Waals surface area contributed by atoms with Gasteiger partial charge in [-0.25, -0.2) is 0 Å². The van der Waals surface area contributed by atoms with Crippen molar-refractivity contribution in [3.63, 3.8) is 0 Å². The molecule has 0 aliphatic heterocycles. The minimum atomic E-state index is -0.623. The number of carbonyl (C=O) groups is 4. The van der Waals surface area contributed by atoms with Crippen LogP contribution in [0.2, 0.25) is 0 Å². The number of hydrogen-bond donors (Lipinski definition) is 1. The summed E-state index contributed by atoms with van der Waals surface area (Å²) in [5.74, 6) is -1.95. The summed E-state index contributed by atoms with van der Waals surface area (Å²) < 4.78 is 21.2. The molecule has 0 aromatic heterocycles. The molecule has 1 N–H and O–H groups in total. The Bertz CT molecular complexity index is 982. The van der Waals surface area contributed by atoms with Crippen LogP contribution in [0.4, 0.5) is 0 Å². The van der Waals surface area contributed by atoms with Gasteiger partial charge in [-0.2, -0.15) is 0 Å². The summed E-state index contributed by atoms with van der Waals surface area (Å²) in [6.45, 7) is 5.05. The molecule has 0 unspecified atom stereocenters. The van der Waals surface area contributed by atoms with Gasteiger partial charge >= 0.3 is 17.9 Å². The van der Waals surface area contributed by atoms with E-state index in [0.717, 1.165) is 12.0 Å². The van der Waals surface area contributed by atoms with E-state index in [2.05, 4.69) is 5.32 Å². The Morgan fingerprint density at radius 3 is 2.06 bits per heavy atom. The van der Waals surface area contributed by atoms with Crippen molar-refractivity contribution in [3.8, 4) is 17.2 Å². The Hall–Kier alpha value is -3.88. The van der Waals surface area contributed by atoms with E-state index in [1.807, 2.05) is 30.3 Å². The van der Waals surface area contributed by atoms with Gasteiger partial charge in [-0.15, -0.1) is 0 Å². The fourth-order valence-corrected chi connectivity index (χ4v) is 3.15. The van der Waals surface area contributed by atoms with E-state index in [1.54, 1.807) is 6.92 Å². The van der Waals surface area contributed by atoms with Crippen LogP contribution in [0.15, 0.2) is 42.5 Å². The fourth-order valence-electron chi connectivity index (χ4n) is 3.15. The first-order chi connectivity index (χ1) is 16.8. The van der Waals surface area contributed by atoms with Crippen molar-refractivity contribution in [1.82, 2.24) is 5.32 Å². The van der Waals surface area contributed by atoms with Gasteiger partial charge in [-0.1, -0.05) is 36.8 Å². The Kier molecular flexibility index (Phi) is 11.3. The number of esters is 3. The van der Waals surface area contributed by atoms with E-state index >= 15 is 0 Å². The summed E-state index contributed by atoms with van der Waals surface area (Å²) in [6.07, 6.45) is 2.40. The number of unbranched alkanes of at least 4 members (excludes halogenated alkanes) is 2. The molecule has 9 nitrogen and oxygen atoms in total. The van der Waals surface area contributed by atoms with E-state index < -0.39 is 17.8 Å². The third-order valence-corrected chi connectivity index (χ3v) is 4.66. The zero-order chi connectivity index (χ0) is 25.6. The van der Waals surface area contributed by atoms with Crippen molar-refractivity contribution in [2.45, 2.75) is 53.1 Å².